The molecule has 0 saturated carbocycles. The molecule has 184 valence electrons. The van der Waals surface area contributed by atoms with E-state index in [1.54, 1.807) is 12.1 Å². The number of carbonyl (C=O) groups is 2. The van der Waals surface area contributed by atoms with E-state index in [0.717, 1.165) is 0 Å². The molecule has 0 spiro atoms. The largest absolute Gasteiger partial charge is 0.478 e. The molecule has 38 heavy (non-hydrogen) atoms. The Morgan fingerprint density at radius 1 is 0.500 bits per heavy atom. The molecule has 0 aliphatic heterocycles. The molecule has 0 atom stereocenters. The summed E-state index contributed by atoms with van der Waals surface area (Å²) in [4.78, 5) is 29.7. The van der Waals surface area contributed by atoms with Gasteiger partial charge in [0.05, 0.1) is 11.1 Å². The molecule has 0 unspecified atom stereocenters. The minimum absolute atomic E-state index is 0.190. The standard InChI is InChI=1S/C20H14N2.C12H8O4/c1-3-17-4-2-6-19(16-9-13-22-14-10-16)20(17)18(5-1)15-7-11-21-12-8-15;13-11(14)9-3-1-7-5-10(12(15)16)4-2-8(7)6-9/h1-14H;1-6H,(H,13,14)(H,15,16). The van der Waals surface area contributed by atoms with Crippen molar-refractivity contribution < 1.29 is 19.8 Å². The topological polar surface area (TPSA) is 100 Å². The van der Waals surface area contributed by atoms with Crippen LogP contribution in [0.2, 0.25) is 0 Å². The number of aromatic nitrogens is 2. The molecule has 6 aromatic rings. The lowest BCUT2D eigenvalue weighted by atomic mass is 9.92. The van der Waals surface area contributed by atoms with Crippen molar-refractivity contribution in [3.63, 3.8) is 0 Å². The van der Waals surface area contributed by atoms with Crippen LogP contribution in [0, 0.1) is 0 Å². The lowest BCUT2D eigenvalue weighted by Gasteiger charge is -2.12. The van der Waals surface area contributed by atoms with E-state index in [9.17, 15) is 9.59 Å². The summed E-state index contributed by atoms with van der Waals surface area (Å²) in [5, 5.41) is 21.5. The van der Waals surface area contributed by atoms with Gasteiger partial charge in [-0.05, 0) is 92.3 Å². The number of aromatic carboxylic acids is 2. The highest BCUT2D eigenvalue weighted by Gasteiger charge is 2.10. The second kappa shape index (κ2) is 10.7. The molecule has 6 nitrogen and oxygen atoms in total. The number of nitrogens with zero attached hydrogens (tertiary/aromatic N) is 2. The summed E-state index contributed by atoms with van der Waals surface area (Å²) in [6.45, 7) is 0. The zero-order valence-electron chi connectivity index (χ0n) is 20.2. The highest BCUT2D eigenvalue weighted by atomic mass is 16.4. The van der Waals surface area contributed by atoms with E-state index in [1.165, 1.54) is 57.3 Å². The van der Waals surface area contributed by atoms with Crippen molar-refractivity contribution in [2.75, 3.05) is 0 Å². The summed E-state index contributed by atoms with van der Waals surface area (Å²) in [7, 11) is 0. The van der Waals surface area contributed by atoms with Gasteiger partial charge in [0, 0.05) is 24.8 Å². The van der Waals surface area contributed by atoms with Gasteiger partial charge in [0.25, 0.3) is 0 Å². The van der Waals surface area contributed by atoms with E-state index >= 15 is 0 Å². The molecule has 0 fully saturated rings. The van der Waals surface area contributed by atoms with Crippen LogP contribution >= 0.6 is 0 Å². The van der Waals surface area contributed by atoms with Gasteiger partial charge in [0.15, 0.2) is 0 Å². The van der Waals surface area contributed by atoms with Crippen LogP contribution in [-0.4, -0.2) is 32.1 Å². The molecule has 0 aliphatic carbocycles. The summed E-state index contributed by atoms with van der Waals surface area (Å²) in [6.07, 6.45) is 7.35. The summed E-state index contributed by atoms with van der Waals surface area (Å²) >= 11 is 0. The first-order valence-corrected chi connectivity index (χ1v) is 11.8. The minimum atomic E-state index is -0.996. The molecule has 2 aromatic heterocycles. The SMILES string of the molecule is O=C(O)c1ccc2cc(C(=O)O)ccc2c1.c1cc(-c2ccncc2)c2c(-c3ccncc3)cccc2c1. The van der Waals surface area contributed by atoms with Crippen molar-refractivity contribution in [3.05, 3.63) is 133 Å². The molecule has 2 heterocycles. The van der Waals surface area contributed by atoms with E-state index in [2.05, 4.69) is 70.6 Å². The van der Waals surface area contributed by atoms with Crippen LogP contribution < -0.4 is 0 Å². The minimum Gasteiger partial charge on any atom is -0.478 e. The van der Waals surface area contributed by atoms with Crippen LogP contribution in [0.25, 0.3) is 43.8 Å². The molecular weight excluding hydrogens is 476 g/mol. The van der Waals surface area contributed by atoms with Crippen LogP contribution in [0.5, 0.6) is 0 Å². The third-order valence-corrected chi connectivity index (χ3v) is 6.22. The first-order valence-electron chi connectivity index (χ1n) is 11.8. The smallest absolute Gasteiger partial charge is 0.335 e. The number of pyridine rings is 2. The predicted octanol–water partition coefficient (Wildman–Crippen LogP) is 7.20. The Bertz CT molecular complexity index is 1640. The maximum Gasteiger partial charge on any atom is 0.335 e. The highest BCUT2D eigenvalue weighted by molar-refractivity contribution is 6.06. The van der Waals surface area contributed by atoms with Crippen LogP contribution in [-0.2, 0) is 0 Å². The van der Waals surface area contributed by atoms with Crippen molar-refractivity contribution in [1.29, 1.82) is 0 Å². The second-order valence-electron chi connectivity index (χ2n) is 8.57. The second-order valence-corrected chi connectivity index (χ2v) is 8.57. The monoisotopic (exact) mass is 498 g/mol. The maximum atomic E-state index is 10.7. The van der Waals surface area contributed by atoms with Crippen molar-refractivity contribution in [2.24, 2.45) is 0 Å². The lowest BCUT2D eigenvalue weighted by molar-refractivity contribution is 0.0686. The molecule has 6 heteroatoms. The van der Waals surface area contributed by atoms with Gasteiger partial charge in [0.2, 0.25) is 0 Å². The van der Waals surface area contributed by atoms with E-state index < -0.39 is 11.9 Å². The molecule has 0 amide bonds. The highest BCUT2D eigenvalue weighted by Crippen LogP contribution is 2.36. The van der Waals surface area contributed by atoms with E-state index in [1.807, 2.05) is 24.8 Å². The molecule has 0 radical (unpaired) electrons. The van der Waals surface area contributed by atoms with E-state index in [-0.39, 0.29) is 11.1 Å². The number of carboxylic acids is 2. The summed E-state index contributed by atoms with van der Waals surface area (Å²) < 4.78 is 0. The molecule has 6 rings (SSSR count). The van der Waals surface area contributed by atoms with Gasteiger partial charge in [-0.15, -0.1) is 0 Å². The zero-order valence-corrected chi connectivity index (χ0v) is 20.2. The van der Waals surface area contributed by atoms with Crippen molar-refractivity contribution >= 4 is 33.5 Å². The van der Waals surface area contributed by atoms with Crippen molar-refractivity contribution in [1.82, 2.24) is 9.97 Å². The van der Waals surface area contributed by atoms with Crippen molar-refractivity contribution in [3.8, 4) is 22.3 Å². The van der Waals surface area contributed by atoms with E-state index in [0.29, 0.717) is 10.8 Å². The summed E-state index contributed by atoms with van der Waals surface area (Å²) in [5.74, 6) is -1.99. The fourth-order valence-electron chi connectivity index (χ4n) is 4.40. The van der Waals surface area contributed by atoms with Crippen LogP contribution in [0.15, 0.2) is 122 Å². The summed E-state index contributed by atoms with van der Waals surface area (Å²) in [5.41, 5.74) is 5.20. The molecule has 0 saturated heterocycles. The average Bonchev–Trinajstić information content (AvgIpc) is 2.97. The molecule has 0 bridgehead atoms. The van der Waals surface area contributed by atoms with Gasteiger partial charge < -0.3 is 10.2 Å². The van der Waals surface area contributed by atoms with E-state index in [4.69, 9.17) is 10.2 Å². The Balaban J connectivity index is 0.000000163. The number of carboxylic acid groups (broad SMARTS) is 2. The first kappa shape index (κ1) is 24.3. The Morgan fingerprint density at radius 3 is 1.32 bits per heavy atom. The van der Waals surface area contributed by atoms with Gasteiger partial charge in [-0.2, -0.15) is 0 Å². The third kappa shape index (κ3) is 5.10. The van der Waals surface area contributed by atoms with Crippen LogP contribution in [0.4, 0.5) is 0 Å². The average molecular weight is 499 g/mol. The number of rotatable bonds is 4. The fraction of sp³-hybridized carbons (Fsp3) is 0. The fourth-order valence-corrected chi connectivity index (χ4v) is 4.40. The first-order chi connectivity index (χ1) is 18.5. The molecule has 0 aliphatic rings. The molecular formula is C32H22N2O4. The molecule has 4 aromatic carbocycles. The van der Waals surface area contributed by atoms with Crippen molar-refractivity contribution in [2.45, 2.75) is 0 Å². The number of benzene rings is 4. The number of hydrogen-bond donors (Lipinski definition) is 2. The predicted molar refractivity (Wildman–Crippen MR) is 148 cm³/mol. The number of hydrogen-bond acceptors (Lipinski definition) is 4. The van der Waals surface area contributed by atoms with Gasteiger partial charge in [0.1, 0.15) is 0 Å². The van der Waals surface area contributed by atoms with Gasteiger partial charge in [-0.3, -0.25) is 9.97 Å². The van der Waals surface area contributed by atoms with Crippen LogP contribution in [0.3, 0.4) is 0 Å². The molecule has 2 N–H and O–H groups in total. The maximum absolute atomic E-state index is 10.7. The lowest BCUT2D eigenvalue weighted by Crippen LogP contribution is -1.97. The summed E-state index contributed by atoms with van der Waals surface area (Å²) in [6, 6.07) is 30.2. The normalized spacial score (nSPS) is 10.5. The van der Waals surface area contributed by atoms with Gasteiger partial charge in [-0.1, -0.05) is 48.5 Å². The van der Waals surface area contributed by atoms with Gasteiger partial charge in [-0.25, -0.2) is 9.59 Å². The Hall–Kier alpha value is -5.36. The Kier molecular flexibility index (Phi) is 6.87. The third-order valence-electron chi connectivity index (χ3n) is 6.22. The Labute approximate surface area is 218 Å². The van der Waals surface area contributed by atoms with Gasteiger partial charge >= 0.3 is 11.9 Å². The van der Waals surface area contributed by atoms with Crippen LogP contribution in [0.1, 0.15) is 20.7 Å². The zero-order chi connectivity index (χ0) is 26.5. The number of fused-ring (bicyclic) bond motifs is 2. The quantitative estimate of drug-likeness (QED) is 0.267. The Morgan fingerprint density at radius 2 is 0.921 bits per heavy atom.